The molecule has 0 radical (unpaired) electrons. The minimum absolute atomic E-state index is 0.677. The Labute approximate surface area is 118 Å². The largest absolute Gasteiger partial charge is 0.371 e. The Balaban J connectivity index is 2.16. The fourth-order valence-corrected chi connectivity index (χ4v) is 3.04. The zero-order valence-electron chi connectivity index (χ0n) is 12.9. The van der Waals surface area contributed by atoms with Gasteiger partial charge in [-0.3, -0.25) is 0 Å². The van der Waals surface area contributed by atoms with Crippen molar-refractivity contribution in [3.05, 3.63) is 29.3 Å². The first-order valence-corrected chi connectivity index (χ1v) is 7.65. The van der Waals surface area contributed by atoms with E-state index in [2.05, 4.69) is 56.1 Å². The Kier molecular flexibility index (Phi) is 4.87. The zero-order valence-corrected chi connectivity index (χ0v) is 12.9. The molecule has 0 aliphatic carbocycles. The van der Waals surface area contributed by atoms with E-state index in [1.54, 1.807) is 0 Å². The van der Waals surface area contributed by atoms with Gasteiger partial charge in [-0.1, -0.05) is 31.5 Å². The molecule has 0 bridgehead atoms. The zero-order chi connectivity index (χ0) is 13.8. The van der Waals surface area contributed by atoms with Crippen molar-refractivity contribution >= 4 is 5.69 Å². The lowest BCUT2D eigenvalue weighted by molar-refractivity contribution is 0.387. The Morgan fingerprint density at radius 1 is 1.32 bits per heavy atom. The Bertz CT molecular complexity index is 414. The van der Waals surface area contributed by atoms with Gasteiger partial charge in [-0.05, 0) is 50.8 Å². The topological polar surface area (TPSA) is 15.3 Å². The number of nitrogens with one attached hydrogen (secondary N) is 1. The van der Waals surface area contributed by atoms with Crippen molar-refractivity contribution in [3.63, 3.8) is 0 Å². The normalized spacial score (nSPS) is 24.9. The summed E-state index contributed by atoms with van der Waals surface area (Å²) in [5, 5.41) is 3.69. The molecule has 2 nitrogen and oxygen atoms in total. The van der Waals surface area contributed by atoms with Gasteiger partial charge in [0.15, 0.2) is 0 Å². The third kappa shape index (κ3) is 3.73. The van der Waals surface area contributed by atoms with Crippen LogP contribution in [0.2, 0.25) is 0 Å². The van der Waals surface area contributed by atoms with Crippen LogP contribution in [0.3, 0.4) is 0 Å². The van der Waals surface area contributed by atoms with Crippen LogP contribution in [0.15, 0.2) is 18.2 Å². The minimum atomic E-state index is 0.677. The standard InChI is InChI=1S/C17H28N2/c1-5-16-8-9-19(12-14(3)11-18-16)17-7-6-13(2)10-15(17)4/h6-7,10,14,16,18H,5,8-9,11-12H2,1-4H3. The molecular formula is C17H28N2. The van der Waals surface area contributed by atoms with Crippen LogP contribution in [0, 0.1) is 19.8 Å². The molecule has 2 heteroatoms. The van der Waals surface area contributed by atoms with Crippen molar-refractivity contribution in [2.24, 2.45) is 5.92 Å². The van der Waals surface area contributed by atoms with Crippen molar-refractivity contribution in [3.8, 4) is 0 Å². The molecule has 1 saturated heterocycles. The van der Waals surface area contributed by atoms with Crippen LogP contribution in [-0.2, 0) is 0 Å². The van der Waals surface area contributed by atoms with Gasteiger partial charge in [0.1, 0.15) is 0 Å². The van der Waals surface area contributed by atoms with Gasteiger partial charge in [-0.15, -0.1) is 0 Å². The van der Waals surface area contributed by atoms with Gasteiger partial charge in [-0.2, -0.15) is 0 Å². The van der Waals surface area contributed by atoms with E-state index in [-0.39, 0.29) is 0 Å². The van der Waals surface area contributed by atoms with Crippen LogP contribution in [-0.4, -0.2) is 25.7 Å². The van der Waals surface area contributed by atoms with Gasteiger partial charge in [0.2, 0.25) is 0 Å². The van der Waals surface area contributed by atoms with E-state index in [4.69, 9.17) is 0 Å². The monoisotopic (exact) mass is 260 g/mol. The summed E-state index contributed by atoms with van der Waals surface area (Å²) in [6.45, 7) is 12.5. The molecule has 106 valence electrons. The van der Waals surface area contributed by atoms with Gasteiger partial charge in [0, 0.05) is 24.8 Å². The molecule has 1 aromatic rings. The maximum absolute atomic E-state index is 3.69. The van der Waals surface area contributed by atoms with Crippen molar-refractivity contribution in [1.29, 1.82) is 0 Å². The molecular weight excluding hydrogens is 232 g/mol. The third-order valence-corrected chi connectivity index (χ3v) is 4.22. The first-order valence-electron chi connectivity index (χ1n) is 7.65. The Hall–Kier alpha value is -1.02. The van der Waals surface area contributed by atoms with Crippen molar-refractivity contribution < 1.29 is 0 Å². The molecule has 1 aliphatic heterocycles. The van der Waals surface area contributed by atoms with Gasteiger partial charge < -0.3 is 10.2 Å². The number of rotatable bonds is 2. The van der Waals surface area contributed by atoms with E-state index >= 15 is 0 Å². The molecule has 1 fully saturated rings. The highest BCUT2D eigenvalue weighted by Gasteiger charge is 2.19. The highest BCUT2D eigenvalue weighted by Crippen LogP contribution is 2.23. The molecule has 0 amide bonds. The molecule has 1 N–H and O–H groups in total. The second kappa shape index (κ2) is 6.42. The average molecular weight is 260 g/mol. The highest BCUT2D eigenvalue weighted by molar-refractivity contribution is 5.54. The predicted molar refractivity (Wildman–Crippen MR) is 84.0 cm³/mol. The van der Waals surface area contributed by atoms with E-state index < -0.39 is 0 Å². The number of hydrogen-bond donors (Lipinski definition) is 1. The van der Waals surface area contributed by atoms with E-state index in [9.17, 15) is 0 Å². The average Bonchev–Trinajstić information content (AvgIpc) is 2.35. The fourth-order valence-electron chi connectivity index (χ4n) is 3.04. The van der Waals surface area contributed by atoms with Crippen molar-refractivity contribution in [2.75, 3.05) is 24.5 Å². The smallest absolute Gasteiger partial charge is 0.0396 e. The molecule has 1 aromatic carbocycles. The van der Waals surface area contributed by atoms with Gasteiger partial charge in [-0.25, -0.2) is 0 Å². The van der Waals surface area contributed by atoms with Crippen molar-refractivity contribution in [2.45, 2.75) is 46.6 Å². The summed E-state index contributed by atoms with van der Waals surface area (Å²) < 4.78 is 0. The summed E-state index contributed by atoms with van der Waals surface area (Å²) in [7, 11) is 0. The Morgan fingerprint density at radius 3 is 2.79 bits per heavy atom. The number of nitrogens with zero attached hydrogens (tertiary/aromatic N) is 1. The van der Waals surface area contributed by atoms with Gasteiger partial charge in [0.05, 0.1) is 0 Å². The maximum atomic E-state index is 3.69. The van der Waals surface area contributed by atoms with Crippen LogP contribution in [0.25, 0.3) is 0 Å². The summed E-state index contributed by atoms with van der Waals surface area (Å²) in [5.74, 6) is 0.704. The van der Waals surface area contributed by atoms with E-state index in [0.717, 1.165) is 13.1 Å². The molecule has 2 rings (SSSR count). The lowest BCUT2D eigenvalue weighted by atomic mass is 10.0. The number of aryl methyl sites for hydroxylation is 2. The van der Waals surface area contributed by atoms with Crippen LogP contribution in [0.4, 0.5) is 5.69 Å². The van der Waals surface area contributed by atoms with E-state index in [1.165, 1.54) is 36.2 Å². The second-order valence-corrected chi connectivity index (χ2v) is 6.14. The number of benzene rings is 1. The van der Waals surface area contributed by atoms with Crippen LogP contribution in [0.1, 0.15) is 37.8 Å². The molecule has 0 aromatic heterocycles. The number of hydrogen-bond acceptors (Lipinski definition) is 2. The van der Waals surface area contributed by atoms with Crippen LogP contribution >= 0.6 is 0 Å². The fraction of sp³-hybridized carbons (Fsp3) is 0.647. The quantitative estimate of drug-likeness (QED) is 0.875. The minimum Gasteiger partial charge on any atom is -0.371 e. The third-order valence-electron chi connectivity index (χ3n) is 4.22. The van der Waals surface area contributed by atoms with Crippen LogP contribution in [0.5, 0.6) is 0 Å². The predicted octanol–water partition coefficient (Wildman–Crippen LogP) is 3.52. The highest BCUT2D eigenvalue weighted by atomic mass is 15.1. The SMILES string of the molecule is CCC1CCN(c2ccc(C)cc2C)CC(C)CN1. The summed E-state index contributed by atoms with van der Waals surface area (Å²) in [4.78, 5) is 2.59. The molecule has 1 aliphatic rings. The lowest BCUT2D eigenvalue weighted by Crippen LogP contribution is -2.43. The molecule has 2 unspecified atom stereocenters. The Morgan fingerprint density at radius 2 is 2.11 bits per heavy atom. The van der Waals surface area contributed by atoms with Crippen molar-refractivity contribution in [1.82, 2.24) is 5.32 Å². The van der Waals surface area contributed by atoms with E-state index in [1.807, 2.05) is 0 Å². The first kappa shape index (κ1) is 14.4. The summed E-state index contributed by atoms with van der Waals surface area (Å²) in [6, 6.07) is 7.51. The summed E-state index contributed by atoms with van der Waals surface area (Å²) in [6.07, 6.45) is 2.48. The molecule has 0 spiro atoms. The second-order valence-electron chi connectivity index (χ2n) is 6.14. The van der Waals surface area contributed by atoms with Gasteiger partial charge >= 0.3 is 0 Å². The summed E-state index contributed by atoms with van der Waals surface area (Å²) >= 11 is 0. The van der Waals surface area contributed by atoms with E-state index in [0.29, 0.717) is 12.0 Å². The first-order chi connectivity index (χ1) is 9.10. The lowest BCUT2D eigenvalue weighted by Gasteiger charge is -2.34. The molecule has 2 atom stereocenters. The molecule has 19 heavy (non-hydrogen) atoms. The van der Waals surface area contributed by atoms with Gasteiger partial charge in [0.25, 0.3) is 0 Å². The van der Waals surface area contributed by atoms with Crippen LogP contribution < -0.4 is 10.2 Å². The summed E-state index contributed by atoms with van der Waals surface area (Å²) in [5.41, 5.74) is 4.19. The number of anilines is 1. The molecule has 0 saturated carbocycles. The molecule has 1 heterocycles. The maximum Gasteiger partial charge on any atom is 0.0396 e.